The van der Waals surface area contributed by atoms with E-state index in [2.05, 4.69) is 38.1 Å². The van der Waals surface area contributed by atoms with Gasteiger partial charge in [-0.1, -0.05) is 114 Å². The number of rotatable bonds is 17. The minimum Gasteiger partial charge on any atom is -0.508 e. The van der Waals surface area contributed by atoms with Gasteiger partial charge in [-0.05, 0) is 73.2 Å². The molecule has 0 atom stereocenters. The van der Waals surface area contributed by atoms with E-state index < -0.39 is 0 Å². The molecule has 0 bridgehead atoms. The Bertz CT molecular complexity index is 959. The predicted octanol–water partition coefficient (Wildman–Crippen LogP) is 10.6. The number of halogens is 1. The Hall–Kier alpha value is -2.85. The first kappa shape index (κ1) is 32.4. The SMILES string of the molecule is CCCCCCCCc1ccc(OOc2ccc(CCCCCCCC)cc2)cc1.Oc1ccc(O)c(Cl)c1. The van der Waals surface area contributed by atoms with Gasteiger partial charge in [0, 0.05) is 6.07 Å². The molecule has 0 saturated heterocycles. The third-order valence-electron chi connectivity index (χ3n) is 6.65. The van der Waals surface area contributed by atoms with Crippen LogP contribution in [0.3, 0.4) is 0 Å². The van der Waals surface area contributed by atoms with Crippen molar-refractivity contribution in [3.63, 3.8) is 0 Å². The Labute approximate surface area is 240 Å². The lowest BCUT2D eigenvalue weighted by atomic mass is 10.0. The average Bonchev–Trinajstić information content (AvgIpc) is 2.95. The van der Waals surface area contributed by atoms with Crippen molar-refractivity contribution >= 4 is 11.6 Å². The molecule has 3 aromatic rings. The van der Waals surface area contributed by atoms with Crippen LogP contribution < -0.4 is 9.78 Å². The maximum Gasteiger partial charge on any atom is 0.178 e. The van der Waals surface area contributed by atoms with Crippen LogP contribution in [0.25, 0.3) is 0 Å². The first-order valence-electron chi connectivity index (χ1n) is 14.7. The highest BCUT2D eigenvalue weighted by Crippen LogP contribution is 2.26. The van der Waals surface area contributed by atoms with Crippen LogP contribution in [0.15, 0.2) is 66.7 Å². The van der Waals surface area contributed by atoms with Gasteiger partial charge in [-0.15, -0.1) is 0 Å². The van der Waals surface area contributed by atoms with Crippen molar-refractivity contribution in [2.24, 2.45) is 0 Å². The van der Waals surface area contributed by atoms with Gasteiger partial charge in [0.05, 0.1) is 5.02 Å². The number of hydrogen-bond acceptors (Lipinski definition) is 4. The van der Waals surface area contributed by atoms with Crippen LogP contribution in [-0.4, -0.2) is 10.2 Å². The Morgan fingerprint density at radius 2 is 0.949 bits per heavy atom. The molecule has 5 heteroatoms. The van der Waals surface area contributed by atoms with Crippen LogP contribution in [0.5, 0.6) is 23.0 Å². The second-order valence-corrected chi connectivity index (χ2v) is 10.5. The summed E-state index contributed by atoms with van der Waals surface area (Å²) >= 11 is 5.40. The van der Waals surface area contributed by atoms with E-state index in [0.29, 0.717) is 0 Å². The Balaban J connectivity index is 0.000000499. The molecule has 0 saturated carbocycles. The third-order valence-corrected chi connectivity index (χ3v) is 6.95. The molecule has 0 aliphatic heterocycles. The van der Waals surface area contributed by atoms with Crippen LogP contribution in [0.4, 0.5) is 0 Å². The fraction of sp³-hybridized carbons (Fsp3) is 0.471. The van der Waals surface area contributed by atoms with Crippen LogP contribution in [0, 0.1) is 0 Å². The second-order valence-electron chi connectivity index (χ2n) is 10.1. The Kier molecular flexibility index (Phi) is 16.7. The molecule has 0 unspecified atom stereocenters. The first-order valence-corrected chi connectivity index (χ1v) is 15.1. The normalized spacial score (nSPS) is 10.5. The summed E-state index contributed by atoms with van der Waals surface area (Å²) in [5.74, 6) is 1.53. The van der Waals surface area contributed by atoms with E-state index in [-0.39, 0.29) is 16.5 Å². The number of phenolic OH excluding ortho intramolecular Hbond substituents is 2. The number of unbranched alkanes of at least 4 members (excludes halogenated alkanes) is 10. The van der Waals surface area contributed by atoms with Crippen molar-refractivity contribution in [1.29, 1.82) is 0 Å². The summed E-state index contributed by atoms with van der Waals surface area (Å²) in [4.78, 5) is 11.0. The van der Waals surface area contributed by atoms with Gasteiger partial charge < -0.3 is 10.2 Å². The Morgan fingerprint density at radius 3 is 1.33 bits per heavy atom. The fourth-order valence-corrected chi connectivity index (χ4v) is 4.41. The summed E-state index contributed by atoms with van der Waals surface area (Å²) in [6.07, 6.45) is 18.3. The maximum absolute atomic E-state index is 8.80. The summed E-state index contributed by atoms with van der Waals surface area (Å²) in [7, 11) is 0. The largest absolute Gasteiger partial charge is 0.508 e. The second kappa shape index (κ2) is 20.1. The van der Waals surface area contributed by atoms with Gasteiger partial charge in [0.15, 0.2) is 11.5 Å². The van der Waals surface area contributed by atoms with Gasteiger partial charge in [-0.25, -0.2) is 0 Å². The van der Waals surface area contributed by atoms with E-state index in [1.54, 1.807) is 0 Å². The van der Waals surface area contributed by atoms with Gasteiger partial charge >= 0.3 is 0 Å². The van der Waals surface area contributed by atoms with Gasteiger partial charge in [0.2, 0.25) is 0 Å². The van der Waals surface area contributed by atoms with E-state index in [9.17, 15) is 0 Å². The maximum atomic E-state index is 8.80. The van der Waals surface area contributed by atoms with Gasteiger partial charge in [0.1, 0.15) is 11.5 Å². The van der Waals surface area contributed by atoms with Gasteiger partial charge in [0.25, 0.3) is 0 Å². The van der Waals surface area contributed by atoms with Crippen molar-refractivity contribution in [1.82, 2.24) is 0 Å². The monoisotopic (exact) mass is 554 g/mol. The third kappa shape index (κ3) is 14.8. The van der Waals surface area contributed by atoms with Crippen molar-refractivity contribution in [3.8, 4) is 23.0 Å². The molecule has 0 heterocycles. The molecule has 3 aromatic carbocycles. The summed E-state index contributed by atoms with van der Waals surface area (Å²) in [6, 6.07) is 20.6. The molecule has 214 valence electrons. The van der Waals surface area contributed by atoms with Crippen molar-refractivity contribution in [2.45, 2.75) is 104 Å². The number of aryl methyl sites for hydroxylation is 2. The van der Waals surface area contributed by atoms with Crippen molar-refractivity contribution in [2.75, 3.05) is 0 Å². The lowest BCUT2D eigenvalue weighted by molar-refractivity contribution is -0.0999. The zero-order valence-electron chi connectivity index (χ0n) is 23.8. The molecule has 0 spiro atoms. The van der Waals surface area contributed by atoms with E-state index >= 15 is 0 Å². The van der Waals surface area contributed by atoms with E-state index in [0.717, 1.165) is 24.3 Å². The lowest BCUT2D eigenvalue weighted by Crippen LogP contribution is -2.00. The predicted molar refractivity (Wildman–Crippen MR) is 163 cm³/mol. The van der Waals surface area contributed by atoms with Crippen molar-refractivity contribution in [3.05, 3.63) is 82.9 Å². The number of aromatic hydroxyl groups is 2. The first-order chi connectivity index (χ1) is 19.0. The van der Waals surface area contributed by atoms with Gasteiger partial charge in [-0.2, -0.15) is 0 Å². The van der Waals surface area contributed by atoms with Crippen molar-refractivity contribution < 1.29 is 20.0 Å². The number of benzene rings is 3. The fourth-order valence-electron chi connectivity index (χ4n) is 4.23. The summed E-state index contributed by atoms with van der Waals surface area (Å²) in [6.45, 7) is 4.53. The minimum atomic E-state index is -0.0190. The summed E-state index contributed by atoms with van der Waals surface area (Å²) in [5.41, 5.74) is 2.74. The van der Waals surface area contributed by atoms with Crippen LogP contribution in [0.2, 0.25) is 5.02 Å². The molecule has 0 fully saturated rings. The molecule has 0 amide bonds. The number of hydrogen-bond donors (Lipinski definition) is 2. The zero-order valence-corrected chi connectivity index (χ0v) is 24.6. The lowest BCUT2D eigenvalue weighted by Gasteiger charge is -2.08. The molecule has 0 aromatic heterocycles. The highest BCUT2D eigenvalue weighted by molar-refractivity contribution is 6.32. The van der Waals surface area contributed by atoms with Crippen LogP contribution in [0.1, 0.15) is 102 Å². The summed E-state index contributed by atoms with van der Waals surface area (Å²) in [5, 5.41) is 17.7. The molecule has 2 N–H and O–H groups in total. The van der Waals surface area contributed by atoms with E-state index in [1.165, 1.54) is 106 Å². The molecule has 0 radical (unpaired) electrons. The van der Waals surface area contributed by atoms with E-state index in [1.807, 2.05) is 24.3 Å². The highest BCUT2D eigenvalue weighted by Gasteiger charge is 2.01. The Morgan fingerprint density at radius 1 is 0.538 bits per heavy atom. The average molecular weight is 555 g/mol. The minimum absolute atomic E-state index is 0.0190. The zero-order chi connectivity index (χ0) is 28.1. The smallest absolute Gasteiger partial charge is 0.178 e. The van der Waals surface area contributed by atoms with Crippen LogP contribution >= 0.6 is 11.6 Å². The number of phenols is 2. The quantitative estimate of drug-likeness (QED) is 0.0753. The van der Waals surface area contributed by atoms with Gasteiger partial charge in [-0.3, -0.25) is 9.78 Å². The van der Waals surface area contributed by atoms with Crippen LogP contribution in [-0.2, 0) is 12.8 Å². The molecule has 39 heavy (non-hydrogen) atoms. The topological polar surface area (TPSA) is 58.9 Å². The summed E-state index contributed by atoms with van der Waals surface area (Å²) < 4.78 is 0. The molecule has 3 rings (SSSR count). The molecule has 0 aliphatic carbocycles. The van der Waals surface area contributed by atoms with E-state index in [4.69, 9.17) is 31.6 Å². The molecule has 0 aliphatic rings. The molecular weight excluding hydrogens is 508 g/mol. The standard InChI is InChI=1S/C28H42O2.C6H5ClO2/c1-3-5-7-9-11-13-15-25-17-21-27(22-18-25)29-30-28-23-19-26(20-24-28)16-14-12-10-8-6-4-2;7-5-3-4(8)1-2-6(5)9/h17-24H,3-16H2,1-2H3;1-3,8-9H. The molecular formula is C34H47ClO4. The highest BCUT2D eigenvalue weighted by atomic mass is 35.5. The molecule has 4 nitrogen and oxygen atoms in total.